The number of methoxy groups -OCH3 is 2. The van der Waals surface area contributed by atoms with Crippen molar-refractivity contribution in [2.45, 2.75) is 6.42 Å². The fourth-order valence-corrected chi connectivity index (χ4v) is 1.81. The second-order valence-electron chi connectivity index (χ2n) is 3.34. The number of alkyl halides is 1. The number of rotatable bonds is 6. The summed E-state index contributed by atoms with van der Waals surface area (Å²) < 4.78 is 11.4. The summed E-state index contributed by atoms with van der Waals surface area (Å²) in [6, 6.07) is 5.28. The van der Waals surface area contributed by atoms with Crippen LogP contribution in [-0.4, -0.2) is 31.1 Å². The van der Waals surface area contributed by atoms with Crippen LogP contribution in [0.1, 0.15) is 16.8 Å². The van der Waals surface area contributed by atoms with Gasteiger partial charge in [-0.25, -0.2) is 0 Å². The molecule has 94 valence electrons. The van der Waals surface area contributed by atoms with Crippen molar-refractivity contribution in [1.29, 1.82) is 0 Å². The van der Waals surface area contributed by atoms with Crippen molar-refractivity contribution in [3.63, 3.8) is 0 Å². The topological polar surface area (TPSA) is 47.6 Å². The zero-order valence-electron chi connectivity index (χ0n) is 9.96. The molecule has 5 heteroatoms. The van der Waals surface area contributed by atoms with Crippen LogP contribution < -0.4 is 14.8 Å². The van der Waals surface area contributed by atoms with Crippen LogP contribution in [0, 0.1) is 0 Å². The molecule has 0 atom stereocenters. The third-order valence-electron chi connectivity index (χ3n) is 2.25. The van der Waals surface area contributed by atoms with Gasteiger partial charge in [0.15, 0.2) is 0 Å². The Hall–Kier alpha value is -0.980. The number of ether oxygens (including phenoxy) is 2. The third-order valence-corrected chi connectivity index (χ3v) is 3.01. The zero-order valence-corrected chi connectivity index (χ0v) is 12.1. The molecule has 0 aliphatic carbocycles. The maximum atomic E-state index is 12.0. The van der Waals surface area contributed by atoms with Crippen molar-refractivity contribution in [2.24, 2.45) is 0 Å². The van der Waals surface area contributed by atoms with E-state index in [0.29, 0.717) is 23.6 Å². The maximum absolute atomic E-state index is 12.0. The highest BCUT2D eigenvalue weighted by atomic mass is 127. The maximum Gasteiger partial charge on any atom is 0.258 e. The molecule has 1 N–H and O–H groups in total. The molecule has 0 saturated heterocycles. The largest absolute Gasteiger partial charge is 0.496 e. The minimum atomic E-state index is -0.163. The fraction of sp³-hybridized carbons (Fsp3) is 0.417. The van der Waals surface area contributed by atoms with Gasteiger partial charge in [-0.05, 0) is 18.6 Å². The van der Waals surface area contributed by atoms with E-state index in [9.17, 15) is 4.79 Å². The van der Waals surface area contributed by atoms with Crippen LogP contribution in [0.15, 0.2) is 18.2 Å². The van der Waals surface area contributed by atoms with Gasteiger partial charge in [0.25, 0.3) is 5.91 Å². The number of amides is 1. The normalized spacial score (nSPS) is 9.82. The first-order valence-electron chi connectivity index (χ1n) is 5.29. The van der Waals surface area contributed by atoms with Crippen LogP contribution in [0.5, 0.6) is 11.5 Å². The van der Waals surface area contributed by atoms with Gasteiger partial charge >= 0.3 is 0 Å². The summed E-state index contributed by atoms with van der Waals surface area (Å²) in [6.07, 6.45) is 0.948. The van der Waals surface area contributed by atoms with Gasteiger partial charge in [-0.3, -0.25) is 4.79 Å². The molecule has 0 spiro atoms. The van der Waals surface area contributed by atoms with Crippen molar-refractivity contribution < 1.29 is 14.3 Å². The summed E-state index contributed by atoms with van der Waals surface area (Å²) in [5, 5.41) is 2.85. The van der Waals surface area contributed by atoms with Gasteiger partial charge in [-0.1, -0.05) is 28.7 Å². The zero-order chi connectivity index (χ0) is 12.7. The molecule has 0 bridgehead atoms. The van der Waals surface area contributed by atoms with E-state index in [1.807, 2.05) is 0 Å². The molecule has 0 heterocycles. The minimum Gasteiger partial charge on any atom is -0.496 e. The van der Waals surface area contributed by atoms with E-state index in [-0.39, 0.29) is 5.91 Å². The van der Waals surface area contributed by atoms with Crippen LogP contribution in [-0.2, 0) is 0 Å². The van der Waals surface area contributed by atoms with Crippen LogP contribution in [0.3, 0.4) is 0 Å². The molecule has 0 aliphatic rings. The van der Waals surface area contributed by atoms with Gasteiger partial charge in [0.1, 0.15) is 17.1 Å². The van der Waals surface area contributed by atoms with E-state index >= 15 is 0 Å². The summed E-state index contributed by atoms with van der Waals surface area (Å²) in [5.41, 5.74) is 0.450. The fourth-order valence-electron chi connectivity index (χ4n) is 1.43. The molecule has 1 rings (SSSR count). The molecule has 0 unspecified atom stereocenters. The third kappa shape index (κ3) is 3.76. The Morgan fingerprint density at radius 3 is 2.35 bits per heavy atom. The molecule has 0 aliphatic heterocycles. The lowest BCUT2D eigenvalue weighted by Crippen LogP contribution is -2.25. The average molecular weight is 349 g/mol. The SMILES string of the molecule is COc1cccc(OC)c1C(=O)NCCCI. The van der Waals surface area contributed by atoms with Crippen molar-refractivity contribution in [3.8, 4) is 11.5 Å². The lowest BCUT2D eigenvalue weighted by molar-refractivity contribution is 0.0947. The summed E-state index contributed by atoms with van der Waals surface area (Å²) in [6.45, 7) is 0.656. The number of benzene rings is 1. The average Bonchev–Trinajstić information content (AvgIpc) is 2.37. The standard InChI is InChI=1S/C12H16INO3/c1-16-9-5-3-6-10(17-2)11(9)12(15)14-8-4-7-13/h3,5-6H,4,7-8H2,1-2H3,(H,14,15). The highest BCUT2D eigenvalue weighted by Crippen LogP contribution is 2.27. The van der Waals surface area contributed by atoms with Crippen molar-refractivity contribution in [1.82, 2.24) is 5.32 Å². The number of carbonyl (C=O) groups is 1. The second kappa shape index (κ2) is 7.37. The van der Waals surface area contributed by atoms with Gasteiger partial charge < -0.3 is 14.8 Å². The molecular formula is C12H16INO3. The van der Waals surface area contributed by atoms with Crippen LogP contribution in [0.4, 0.5) is 0 Å². The summed E-state index contributed by atoms with van der Waals surface area (Å²) in [4.78, 5) is 12.0. The van der Waals surface area contributed by atoms with Crippen molar-refractivity contribution in [2.75, 3.05) is 25.2 Å². The van der Waals surface area contributed by atoms with E-state index in [4.69, 9.17) is 9.47 Å². The predicted octanol–water partition coefficient (Wildman–Crippen LogP) is 2.26. The van der Waals surface area contributed by atoms with Crippen LogP contribution in [0.2, 0.25) is 0 Å². The Morgan fingerprint density at radius 1 is 1.29 bits per heavy atom. The molecular weight excluding hydrogens is 333 g/mol. The molecule has 0 radical (unpaired) electrons. The molecule has 17 heavy (non-hydrogen) atoms. The van der Waals surface area contributed by atoms with E-state index in [0.717, 1.165) is 10.8 Å². The summed E-state index contributed by atoms with van der Waals surface area (Å²) in [7, 11) is 3.08. The van der Waals surface area contributed by atoms with E-state index in [2.05, 4.69) is 27.9 Å². The lowest BCUT2D eigenvalue weighted by Gasteiger charge is -2.12. The quantitative estimate of drug-likeness (QED) is 0.487. The smallest absolute Gasteiger partial charge is 0.258 e. The summed E-state index contributed by atoms with van der Waals surface area (Å²) in [5.74, 6) is 0.886. The van der Waals surface area contributed by atoms with Crippen LogP contribution in [0.25, 0.3) is 0 Å². The van der Waals surface area contributed by atoms with Gasteiger partial charge in [0.05, 0.1) is 14.2 Å². The lowest BCUT2D eigenvalue weighted by atomic mass is 10.1. The number of hydrogen-bond acceptors (Lipinski definition) is 3. The van der Waals surface area contributed by atoms with Gasteiger partial charge in [-0.15, -0.1) is 0 Å². The van der Waals surface area contributed by atoms with Gasteiger partial charge in [0, 0.05) is 11.0 Å². The minimum absolute atomic E-state index is 0.163. The Morgan fingerprint density at radius 2 is 1.88 bits per heavy atom. The molecule has 4 nitrogen and oxygen atoms in total. The molecule has 0 aromatic heterocycles. The van der Waals surface area contributed by atoms with E-state index in [1.165, 1.54) is 14.2 Å². The molecule has 0 fully saturated rings. The van der Waals surface area contributed by atoms with E-state index in [1.54, 1.807) is 18.2 Å². The number of hydrogen-bond donors (Lipinski definition) is 1. The second-order valence-corrected chi connectivity index (χ2v) is 4.41. The number of nitrogens with one attached hydrogen (secondary N) is 1. The Bertz CT molecular complexity index is 360. The predicted molar refractivity (Wildman–Crippen MR) is 75.4 cm³/mol. The van der Waals surface area contributed by atoms with Gasteiger partial charge in [0.2, 0.25) is 0 Å². The van der Waals surface area contributed by atoms with Crippen molar-refractivity contribution >= 4 is 28.5 Å². The molecule has 1 aromatic rings. The Kier molecular flexibility index (Phi) is 6.10. The molecule has 0 saturated carbocycles. The first-order valence-corrected chi connectivity index (χ1v) is 6.82. The molecule has 1 amide bonds. The monoisotopic (exact) mass is 349 g/mol. The Labute approximate surface area is 115 Å². The summed E-state index contributed by atoms with van der Waals surface area (Å²) >= 11 is 2.28. The number of halogens is 1. The first kappa shape index (κ1) is 14.1. The molecule has 1 aromatic carbocycles. The highest BCUT2D eigenvalue weighted by molar-refractivity contribution is 14.1. The van der Waals surface area contributed by atoms with E-state index < -0.39 is 0 Å². The van der Waals surface area contributed by atoms with Crippen LogP contribution >= 0.6 is 22.6 Å². The number of carbonyl (C=O) groups excluding carboxylic acids is 1. The van der Waals surface area contributed by atoms with Crippen molar-refractivity contribution in [3.05, 3.63) is 23.8 Å². The first-order chi connectivity index (χ1) is 8.24. The Balaban J connectivity index is 2.89. The highest BCUT2D eigenvalue weighted by Gasteiger charge is 2.17. The van der Waals surface area contributed by atoms with Gasteiger partial charge in [-0.2, -0.15) is 0 Å².